The summed E-state index contributed by atoms with van der Waals surface area (Å²) >= 11 is 0. The molecule has 0 radical (unpaired) electrons. The van der Waals surface area contributed by atoms with Gasteiger partial charge < -0.3 is 5.32 Å². The van der Waals surface area contributed by atoms with Crippen LogP contribution in [0.2, 0.25) is 0 Å². The first kappa shape index (κ1) is 11.2. The molecule has 1 saturated carbocycles. The van der Waals surface area contributed by atoms with Crippen LogP contribution in [0.15, 0.2) is 24.3 Å². The maximum Gasteiger partial charge on any atom is 0.115 e. The van der Waals surface area contributed by atoms with E-state index in [1.165, 1.54) is 17.5 Å². The van der Waals surface area contributed by atoms with Crippen molar-refractivity contribution in [1.29, 1.82) is 0 Å². The molecule has 0 saturated heterocycles. The second-order valence-electron chi connectivity index (χ2n) is 5.45. The number of hydrogen-bond acceptors (Lipinski definition) is 1. The predicted octanol–water partition coefficient (Wildman–Crippen LogP) is 3.02. The average Bonchev–Trinajstić information content (AvgIpc) is 2.74. The van der Waals surface area contributed by atoms with E-state index in [1.807, 2.05) is 0 Å². The van der Waals surface area contributed by atoms with E-state index in [-0.39, 0.29) is 6.04 Å². The lowest BCUT2D eigenvalue weighted by Gasteiger charge is -2.29. The molecule has 0 aromatic heterocycles. The smallest absolute Gasteiger partial charge is 0.115 e. The van der Waals surface area contributed by atoms with E-state index in [2.05, 4.69) is 29.6 Å². The molecule has 2 heteroatoms. The van der Waals surface area contributed by atoms with Crippen LogP contribution in [0.3, 0.4) is 0 Å². The topological polar surface area (TPSA) is 12.0 Å². The highest BCUT2D eigenvalue weighted by Crippen LogP contribution is 2.26. The lowest BCUT2D eigenvalue weighted by molar-refractivity contribution is 0.178. The van der Waals surface area contributed by atoms with Crippen LogP contribution >= 0.6 is 0 Å². The summed E-state index contributed by atoms with van der Waals surface area (Å²) in [7, 11) is 0. The largest absolute Gasteiger partial charge is 0.308 e. The van der Waals surface area contributed by atoms with Gasteiger partial charge in [-0.25, -0.2) is 4.39 Å². The molecular formula is C15H20FN. The Morgan fingerprint density at radius 1 is 1.00 bits per heavy atom. The molecule has 2 atom stereocenters. The van der Waals surface area contributed by atoms with Gasteiger partial charge in [0.05, 0.1) is 0 Å². The van der Waals surface area contributed by atoms with Gasteiger partial charge in [-0.05, 0) is 36.8 Å². The van der Waals surface area contributed by atoms with E-state index in [9.17, 15) is 4.39 Å². The zero-order chi connectivity index (χ0) is 11.7. The Kier molecular flexibility index (Phi) is 3.15. The molecule has 2 aliphatic rings. The van der Waals surface area contributed by atoms with Crippen molar-refractivity contribution in [2.45, 2.75) is 56.8 Å². The van der Waals surface area contributed by atoms with Crippen LogP contribution in [0.5, 0.6) is 0 Å². The Hall–Kier alpha value is -0.890. The van der Waals surface area contributed by atoms with Gasteiger partial charge in [0.2, 0.25) is 0 Å². The van der Waals surface area contributed by atoms with E-state index in [0.717, 1.165) is 32.1 Å². The van der Waals surface area contributed by atoms with Gasteiger partial charge in [0, 0.05) is 12.1 Å². The quantitative estimate of drug-likeness (QED) is 0.828. The van der Waals surface area contributed by atoms with Crippen molar-refractivity contribution in [2.24, 2.45) is 0 Å². The minimum Gasteiger partial charge on any atom is -0.308 e. The van der Waals surface area contributed by atoms with Gasteiger partial charge in [0.1, 0.15) is 6.17 Å². The normalized spacial score (nSPS) is 29.2. The van der Waals surface area contributed by atoms with Gasteiger partial charge in [0.15, 0.2) is 0 Å². The van der Waals surface area contributed by atoms with Gasteiger partial charge in [-0.2, -0.15) is 0 Å². The molecule has 0 bridgehead atoms. The lowest BCUT2D eigenvalue weighted by Crippen LogP contribution is -2.45. The Labute approximate surface area is 102 Å². The van der Waals surface area contributed by atoms with Crippen molar-refractivity contribution in [3.05, 3.63) is 35.4 Å². The monoisotopic (exact) mass is 233 g/mol. The summed E-state index contributed by atoms with van der Waals surface area (Å²) in [5, 5.41) is 3.54. The molecule has 3 rings (SSSR count). The van der Waals surface area contributed by atoms with E-state index in [4.69, 9.17) is 0 Å². The van der Waals surface area contributed by atoms with Crippen LogP contribution in [0.25, 0.3) is 0 Å². The fourth-order valence-corrected chi connectivity index (χ4v) is 3.25. The molecule has 1 aromatic rings. The first-order chi connectivity index (χ1) is 8.33. The highest BCUT2D eigenvalue weighted by Gasteiger charge is 2.29. The third-order valence-corrected chi connectivity index (χ3v) is 4.18. The van der Waals surface area contributed by atoms with Gasteiger partial charge in [-0.1, -0.05) is 37.1 Å². The number of benzene rings is 1. The van der Waals surface area contributed by atoms with Crippen LogP contribution < -0.4 is 5.32 Å². The molecular weight excluding hydrogens is 213 g/mol. The maximum atomic E-state index is 13.8. The SMILES string of the molecule is F[C@@H]1CCCC[C@H]1NC1Cc2ccccc2C1. The van der Waals surface area contributed by atoms with E-state index in [0.29, 0.717) is 6.04 Å². The number of fused-ring (bicyclic) bond motifs is 1. The van der Waals surface area contributed by atoms with E-state index < -0.39 is 6.17 Å². The molecule has 2 aliphatic carbocycles. The first-order valence-electron chi connectivity index (χ1n) is 6.80. The van der Waals surface area contributed by atoms with E-state index in [1.54, 1.807) is 0 Å². The Morgan fingerprint density at radius 2 is 1.65 bits per heavy atom. The Bertz CT molecular complexity index is 365. The Morgan fingerprint density at radius 3 is 2.29 bits per heavy atom. The van der Waals surface area contributed by atoms with Crippen LogP contribution in [0.1, 0.15) is 36.8 Å². The Balaban J connectivity index is 1.61. The van der Waals surface area contributed by atoms with Crippen LogP contribution in [0, 0.1) is 0 Å². The highest BCUT2D eigenvalue weighted by atomic mass is 19.1. The molecule has 1 aromatic carbocycles. The lowest BCUT2D eigenvalue weighted by atomic mass is 9.93. The molecule has 0 heterocycles. The van der Waals surface area contributed by atoms with Crippen molar-refractivity contribution >= 4 is 0 Å². The molecule has 92 valence electrons. The first-order valence-corrected chi connectivity index (χ1v) is 6.80. The van der Waals surface area contributed by atoms with Crippen molar-refractivity contribution in [1.82, 2.24) is 5.32 Å². The van der Waals surface area contributed by atoms with Crippen LogP contribution in [-0.4, -0.2) is 18.3 Å². The molecule has 1 fully saturated rings. The minimum atomic E-state index is -0.632. The molecule has 17 heavy (non-hydrogen) atoms. The molecule has 1 N–H and O–H groups in total. The van der Waals surface area contributed by atoms with Crippen molar-refractivity contribution in [3.8, 4) is 0 Å². The van der Waals surface area contributed by atoms with Gasteiger partial charge >= 0.3 is 0 Å². The molecule has 0 aliphatic heterocycles. The van der Waals surface area contributed by atoms with Gasteiger partial charge in [-0.15, -0.1) is 0 Å². The summed E-state index contributed by atoms with van der Waals surface area (Å²) in [6.07, 6.45) is 5.50. The number of rotatable bonds is 2. The van der Waals surface area contributed by atoms with Crippen molar-refractivity contribution in [3.63, 3.8) is 0 Å². The fourth-order valence-electron chi connectivity index (χ4n) is 3.25. The molecule has 1 nitrogen and oxygen atoms in total. The second-order valence-corrected chi connectivity index (χ2v) is 5.45. The minimum absolute atomic E-state index is 0.100. The maximum absolute atomic E-state index is 13.8. The summed E-state index contributed by atoms with van der Waals surface area (Å²) in [6.45, 7) is 0. The zero-order valence-corrected chi connectivity index (χ0v) is 10.2. The highest BCUT2D eigenvalue weighted by molar-refractivity contribution is 5.33. The third-order valence-electron chi connectivity index (χ3n) is 4.18. The third kappa shape index (κ3) is 2.37. The van der Waals surface area contributed by atoms with Crippen LogP contribution in [-0.2, 0) is 12.8 Å². The fraction of sp³-hybridized carbons (Fsp3) is 0.600. The molecule has 0 unspecified atom stereocenters. The van der Waals surface area contributed by atoms with Crippen LogP contribution in [0.4, 0.5) is 4.39 Å². The summed E-state index contributed by atoms with van der Waals surface area (Å²) < 4.78 is 13.8. The van der Waals surface area contributed by atoms with Crippen molar-refractivity contribution in [2.75, 3.05) is 0 Å². The predicted molar refractivity (Wildman–Crippen MR) is 67.9 cm³/mol. The average molecular weight is 233 g/mol. The summed E-state index contributed by atoms with van der Waals surface area (Å²) in [5.74, 6) is 0. The van der Waals surface area contributed by atoms with Crippen molar-refractivity contribution < 1.29 is 4.39 Å². The summed E-state index contributed by atoms with van der Waals surface area (Å²) in [6, 6.07) is 9.15. The standard InChI is InChI=1S/C15H20FN/c16-14-7-3-4-8-15(14)17-13-9-11-5-1-2-6-12(11)10-13/h1-2,5-6,13-15,17H,3-4,7-10H2/t14-,15-/m1/s1. The number of halogens is 1. The zero-order valence-electron chi connectivity index (χ0n) is 10.2. The van der Waals surface area contributed by atoms with Gasteiger partial charge in [-0.3, -0.25) is 0 Å². The second kappa shape index (κ2) is 4.77. The number of hydrogen-bond donors (Lipinski definition) is 1. The van der Waals surface area contributed by atoms with Gasteiger partial charge in [0.25, 0.3) is 0 Å². The summed E-state index contributed by atoms with van der Waals surface area (Å²) in [4.78, 5) is 0. The molecule has 0 amide bonds. The number of nitrogens with one attached hydrogen (secondary N) is 1. The molecule has 0 spiro atoms. The van der Waals surface area contributed by atoms with E-state index >= 15 is 0 Å². The summed E-state index contributed by atoms with van der Waals surface area (Å²) in [5.41, 5.74) is 2.88. The number of alkyl halides is 1.